The zero-order valence-electron chi connectivity index (χ0n) is 13.7. The van der Waals surface area contributed by atoms with Crippen molar-refractivity contribution in [3.05, 3.63) is 53.1 Å². The fourth-order valence-electron chi connectivity index (χ4n) is 3.09. The number of likely N-dealkylation sites (tertiary alicyclic amines) is 1. The van der Waals surface area contributed by atoms with Gasteiger partial charge in [0.25, 0.3) is 5.91 Å². The van der Waals surface area contributed by atoms with Gasteiger partial charge in [-0.05, 0) is 31.0 Å². The highest BCUT2D eigenvalue weighted by Crippen LogP contribution is 2.31. The predicted molar refractivity (Wildman–Crippen MR) is 94.5 cm³/mol. The van der Waals surface area contributed by atoms with E-state index in [-0.39, 0.29) is 21.7 Å². The summed E-state index contributed by atoms with van der Waals surface area (Å²) < 4.78 is 24.2. The maximum atomic E-state index is 12.6. The van der Waals surface area contributed by atoms with Crippen molar-refractivity contribution in [2.24, 2.45) is 0 Å². The number of aromatic nitrogens is 2. The maximum absolute atomic E-state index is 12.6. The fourth-order valence-corrected chi connectivity index (χ4v) is 4.25. The third-order valence-electron chi connectivity index (χ3n) is 4.25. The number of sulfone groups is 1. The molecule has 1 unspecified atom stereocenters. The van der Waals surface area contributed by atoms with Gasteiger partial charge < -0.3 is 4.90 Å². The van der Waals surface area contributed by atoms with E-state index in [0.29, 0.717) is 24.3 Å². The molecule has 25 heavy (non-hydrogen) atoms. The monoisotopic (exact) mass is 379 g/mol. The van der Waals surface area contributed by atoms with Gasteiger partial charge in [0.2, 0.25) is 0 Å². The SMILES string of the molecule is CS(=O)(=O)c1cc(Cl)cnc1C1CCCN(C(=O)c2cccnc2)C1. The van der Waals surface area contributed by atoms with Crippen LogP contribution < -0.4 is 0 Å². The molecule has 0 saturated carbocycles. The van der Waals surface area contributed by atoms with Gasteiger partial charge in [0.1, 0.15) is 0 Å². The van der Waals surface area contributed by atoms with Gasteiger partial charge in [-0.2, -0.15) is 0 Å². The van der Waals surface area contributed by atoms with Crippen LogP contribution in [0.15, 0.2) is 41.7 Å². The second-order valence-corrected chi connectivity index (χ2v) is 8.56. The molecule has 2 aromatic rings. The summed E-state index contributed by atoms with van der Waals surface area (Å²) in [5.41, 5.74) is 1.01. The average molecular weight is 380 g/mol. The van der Waals surface area contributed by atoms with Crippen LogP contribution in [0, 0.1) is 0 Å². The first kappa shape index (κ1) is 17.8. The standard InChI is InChI=1S/C17H18ClN3O3S/c1-25(23,24)15-8-14(18)10-20-16(15)13-5-3-7-21(11-13)17(22)12-4-2-6-19-9-12/h2,4,6,8-10,13H,3,5,7,11H2,1H3. The Kier molecular flexibility index (Phi) is 5.06. The summed E-state index contributed by atoms with van der Waals surface area (Å²) in [5, 5.41) is 0.281. The summed E-state index contributed by atoms with van der Waals surface area (Å²) in [6.07, 6.45) is 7.30. The Morgan fingerprint density at radius 3 is 2.84 bits per heavy atom. The molecule has 1 fully saturated rings. The molecular formula is C17H18ClN3O3S. The van der Waals surface area contributed by atoms with Gasteiger partial charge in [0.05, 0.1) is 21.2 Å². The van der Waals surface area contributed by atoms with Crippen molar-refractivity contribution >= 4 is 27.3 Å². The van der Waals surface area contributed by atoms with Crippen LogP contribution in [0.3, 0.4) is 0 Å². The normalized spacial score (nSPS) is 18.2. The van der Waals surface area contributed by atoms with Crippen molar-refractivity contribution in [3.63, 3.8) is 0 Å². The van der Waals surface area contributed by atoms with Gasteiger partial charge in [-0.25, -0.2) is 8.42 Å². The van der Waals surface area contributed by atoms with Crippen molar-refractivity contribution < 1.29 is 13.2 Å². The molecule has 1 aliphatic heterocycles. The summed E-state index contributed by atoms with van der Waals surface area (Å²) in [6.45, 7) is 1.05. The molecule has 0 aliphatic carbocycles. The zero-order valence-corrected chi connectivity index (χ0v) is 15.3. The van der Waals surface area contributed by atoms with Crippen molar-refractivity contribution in [2.75, 3.05) is 19.3 Å². The van der Waals surface area contributed by atoms with Gasteiger partial charge in [-0.3, -0.25) is 14.8 Å². The molecule has 1 saturated heterocycles. The predicted octanol–water partition coefficient (Wildman–Crippen LogP) is 2.55. The van der Waals surface area contributed by atoms with Crippen molar-refractivity contribution in [1.29, 1.82) is 0 Å². The summed E-state index contributed by atoms with van der Waals surface area (Å²) in [4.78, 5) is 22.8. The molecular weight excluding hydrogens is 362 g/mol. The second kappa shape index (κ2) is 7.09. The number of pyridine rings is 2. The van der Waals surface area contributed by atoms with E-state index in [1.165, 1.54) is 18.5 Å². The van der Waals surface area contributed by atoms with Crippen LogP contribution in [-0.2, 0) is 9.84 Å². The molecule has 132 valence electrons. The summed E-state index contributed by atoms with van der Waals surface area (Å²) in [5.74, 6) is -0.246. The number of hydrogen-bond acceptors (Lipinski definition) is 5. The number of carbonyl (C=O) groups excluding carboxylic acids is 1. The Labute approximate surface area is 151 Å². The van der Waals surface area contributed by atoms with Gasteiger partial charge in [0, 0.05) is 43.9 Å². The van der Waals surface area contributed by atoms with Crippen LogP contribution >= 0.6 is 11.6 Å². The van der Waals surface area contributed by atoms with E-state index in [4.69, 9.17) is 11.6 Å². The number of carbonyl (C=O) groups is 1. The van der Waals surface area contributed by atoms with Crippen LogP contribution in [0.2, 0.25) is 5.02 Å². The molecule has 1 amide bonds. The largest absolute Gasteiger partial charge is 0.338 e. The summed E-state index contributed by atoms with van der Waals surface area (Å²) in [6, 6.07) is 4.87. The Hall–Kier alpha value is -1.99. The van der Waals surface area contributed by atoms with Gasteiger partial charge in [0.15, 0.2) is 9.84 Å². The Morgan fingerprint density at radius 1 is 1.36 bits per heavy atom. The molecule has 0 N–H and O–H groups in total. The Bertz CT molecular complexity index is 887. The highest BCUT2D eigenvalue weighted by atomic mass is 35.5. The number of piperidine rings is 1. The lowest BCUT2D eigenvalue weighted by atomic mass is 9.94. The quantitative estimate of drug-likeness (QED) is 0.818. The van der Waals surface area contributed by atoms with Crippen LogP contribution in [0.25, 0.3) is 0 Å². The fraction of sp³-hybridized carbons (Fsp3) is 0.353. The van der Waals surface area contributed by atoms with Crippen molar-refractivity contribution in [3.8, 4) is 0 Å². The van der Waals surface area contributed by atoms with E-state index >= 15 is 0 Å². The lowest BCUT2D eigenvalue weighted by molar-refractivity contribution is 0.0704. The third kappa shape index (κ3) is 3.99. The van der Waals surface area contributed by atoms with Crippen LogP contribution in [0.1, 0.15) is 34.8 Å². The van der Waals surface area contributed by atoms with E-state index in [9.17, 15) is 13.2 Å². The molecule has 8 heteroatoms. The number of halogens is 1. The zero-order chi connectivity index (χ0) is 18.0. The van der Waals surface area contributed by atoms with Gasteiger partial charge in [-0.1, -0.05) is 11.6 Å². The molecule has 0 spiro atoms. The lowest BCUT2D eigenvalue weighted by Gasteiger charge is -2.33. The summed E-state index contributed by atoms with van der Waals surface area (Å²) in [7, 11) is -3.46. The van der Waals surface area contributed by atoms with E-state index in [0.717, 1.165) is 19.1 Å². The molecule has 3 rings (SSSR count). The third-order valence-corrected chi connectivity index (χ3v) is 5.58. The van der Waals surface area contributed by atoms with Crippen molar-refractivity contribution in [2.45, 2.75) is 23.7 Å². The molecule has 0 bridgehead atoms. The van der Waals surface area contributed by atoms with Crippen LogP contribution in [0.5, 0.6) is 0 Å². The van der Waals surface area contributed by atoms with Crippen LogP contribution in [-0.4, -0.2) is 48.5 Å². The minimum atomic E-state index is -3.46. The summed E-state index contributed by atoms with van der Waals surface area (Å²) >= 11 is 5.92. The van der Waals surface area contributed by atoms with Gasteiger partial charge in [-0.15, -0.1) is 0 Å². The molecule has 0 radical (unpaired) electrons. The molecule has 2 aromatic heterocycles. The van der Waals surface area contributed by atoms with E-state index in [1.807, 2.05) is 0 Å². The van der Waals surface area contributed by atoms with Gasteiger partial charge >= 0.3 is 0 Å². The Morgan fingerprint density at radius 2 is 2.16 bits per heavy atom. The first-order valence-corrected chi connectivity index (χ1v) is 10.2. The van der Waals surface area contributed by atoms with E-state index in [2.05, 4.69) is 9.97 Å². The maximum Gasteiger partial charge on any atom is 0.255 e. The minimum Gasteiger partial charge on any atom is -0.338 e. The first-order valence-electron chi connectivity index (χ1n) is 7.91. The molecule has 3 heterocycles. The molecule has 1 atom stereocenters. The highest BCUT2D eigenvalue weighted by Gasteiger charge is 2.30. The molecule has 1 aliphatic rings. The highest BCUT2D eigenvalue weighted by molar-refractivity contribution is 7.90. The molecule has 6 nitrogen and oxygen atoms in total. The van der Waals surface area contributed by atoms with E-state index < -0.39 is 9.84 Å². The number of rotatable bonds is 3. The smallest absolute Gasteiger partial charge is 0.255 e. The number of amides is 1. The average Bonchev–Trinajstić information content (AvgIpc) is 2.61. The number of hydrogen-bond donors (Lipinski definition) is 0. The number of nitrogens with zero attached hydrogens (tertiary/aromatic N) is 3. The van der Waals surface area contributed by atoms with Crippen LogP contribution in [0.4, 0.5) is 0 Å². The lowest BCUT2D eigenvalue weighted by Crippen LogP contribution is -2.39. The van der Waals surface area contributed by atoms with E-state index in [1.54, 1.807) is 23.2 Å². The first-order chi connectivity index (χ1) is 11.9. The molecule has 0 aromatic carbocycles. The minimum absolute atomic E-state index is 0.104. The van der Waals surface area contributed by atoms with Crippen molar-refractivity contribution in [1.82, 2.24) is 14.9 Å². The second-order valence-electron chi connectivity index (χ2n) is 6.14. The topological polar surface area (TPSA) is 80.2 Å². The Balaban J connectivity index is 1.89.